The molecule has 0 aromatic heterocycles. The Bertz CT molecular complexity index is 1060. The Balaban J connectivity index is 1.46. The van der Waals surface area contributed by atoms with Crippen LogP contribution in [0, 0.1) is 12.8 Å². The number of nitrogens with zero attached hydrogens (tertiary/aromatic N) is 3. The number of benzene rings is 2. The van der Waals surface area contributed by atoms with E-state index in [9.17, 15) is 14.4 Å². The highest BCUT2D eigenvalue weighted by Crippen LogP contribution is 2.39. The van der Waals surface area contributed by atoms with Crippen LogP contribution in [-0.2, 0) is 9.59 Å². The van der Waals surface area contributed by atoms with Gasteiger partial charge in [-0.15, -0.1) is 0 Å². The predicted molar refractivity (Wildman–Crippen MR) is 142 cm³/mol. The van der Waals surface area contributed by atoms with Crippen LogP contribution >= 0.6 is 0 Å². The molecule has 1 spiro atoms. The quantitative estimate of drug-likeness (QED) is 0.617. The van der Waals surface area contributed by atoms with Crippen molar-refractivity contribution in [3.8, 4) is 0 Å². The molecule has 2 heterocycles. The van der Waals surface area contributed by atoms with Gasteiger partial charge in [-0.1, -0.05) is 56.2 Å². The minimum Gasteiger partial charge on any atom is -0.354 e. The van der Waals surface area contributed by atoms with Crippen molar-refractivity contribution in [1.82, 2.24) is 15.1 Å². The van der Waals surface area contributed by atoms with E-state index in [1.165, 1.54) is 0 Å². The maximum absolute atomic E-state index is 13.8. The molecule has 2 N–H and O–H groups in total. The first-order valence-electron chi connectivity index (χ1n) is 12.8. The maximum atomic E-state index is 13.8. The second kappa shape index (κ2) is 11.0. The van der Waals surface area contributed by atoms with Gasteiger partial charge in [0.15, 0.2) is 0 Å². The van der Waals surface area contributed by atoms with Crippen molar-refractivity contribution in [2.45, 2.75) is 45.6 Å². The van der Waals surface area contributed by atoms with Gasteiger partial charge in [-0.05, 0) is 49.9 Å². The van der Waals surface area contributed by atoms with E-state index in [4.69, 9.17) is 0 Å². The van der Waals surface area contributed by atoms with E-state index >= 15 is 0 Å². The normalized spacial score (nSPS) is 17.9. The molecule has 0 bridgehead atoms. The van der Waals surface area contributed by atoms with Gasteiger partial charge >= 0.3 is 6.03 Å². The second-order valence-corrected chi connectivity index (χ2v) is 10.0. The highest BCUT2D eigenvalue weighted by molar-refractivity contribution is 5.97. The molecule has 192 valence electrons. The molecule has 8 nitrogen and oxygen atoms in total. The summed E-state index contributed by atoms with van der Waals surface area (Å²) in [6.45, 7) is 8.11. The highest BCUT2D eigenvalue weighted by Gasteiger charge is 2.54. The Labute approximate surface area is 213 Å². The van der Waals surface area contributed by atoms with E-state index in [0.29, 0.717) is 45.1 Å². The average molecular weight is 492 g/mol. The molecular weight excluding hydrogens is 454 g/mol. The lowest BCUT2D eigenvalue weighted by Gasteiger charge is -2.43. The van der Waals surface area contributed by atoms with Crippen LogP contribution in [0.5, 0.6) is 0 Å². The molecule has 0 saturated carbocycles. The summed E-state index contributed by atoms with van der Waals surface area (Å²) in [5.74, 6) is 0.220. The van der Waals surface area contributed by atoms with Gasteiger partial charge in [0.2, 0.25) is 5.91 Å². The van der Waals surface area contributed by atoms with Crippen molar-refractivity contribution in [2.75, 3.05) is 43.1 Å². The molecule has 1 unspecified atom stereocenters. The molecule has 4 rings (SSSR count). The molecule has 2 aromatic rings. The molecular formula is C28H37N5O3. The zero-order chi connectivity index (χ0) is 25.7. The number of likely N-dealkylation sites (tertiary alicyclic amines) is 1. The van der Waals surface area contributed by atoms with Gasteiger partial charge in [-0.2, -0.15) is 0 Å². The number of rotatable bonds is 7. The number of hydrogen-bond donors (Lipinski definition) is 2. The van der Waals surface area contributed by atoms with Gasteiger partial charge in [-0.3, -0.25) is 9.59 Å². The molecule has 2 aliphatic heterocycles. The lowest BCUT2D eigenvalue weighted by Crippen LogP contribution is -2.58. The zero-order valence-corrected chi connectivity index (χ0v) is 21.5. The van der Waals surface area contributed by atoms with Crippen molar-refractivity contribution < 1.29 is 14.4 Å². The molecule has 0 radical (unpaired) electrons. The van der Waals surface area contributed by atoms with E-state index in [0.717, 1.165) is 23.4 Å². The van der Waals surface area contributed by atoms with E-state index in [-0.39, 0.29) is 24.4 Å². The smallest absolute Gasteiger partial charge is 0.321 e. The fourth-order valence-corrected chi connectivity index (χ4v) is 4.90. The van der Waals surface area contributed by atoms with Crippen molar-refractivity contribution in [3.63, 3.8) is 0 Å². The number of urea groups is 1. The van der Waals surface area contributed by atoms with Gasteiger partial charge in [-0.25, -0.2) is 4.79 Å². The number of amides is 4. The van der Waals surface area contributed by atoms with Crippen LogP contribution in [0.3, 0.4) is 0 Å². The minimum absolute atomic E-state index is 0.0383. The standard InChI is InChI=1S/C28H37N5O3/c1-4-21(2)18-29-25(34)19-32-20-33(24-8-6-5-7-9-24)28(26(32)35)14-16-31(17-15-28)27(36)30-23-12-10-22(3)11-13-23/h5-13,21H,4,14-20H2,1-3H3,(H,29,34)(H,30,36). The highest BCUT2D eigenvalue weighted by atomic mass is 16.2. The third kappa shape index (κ3) is 5.48. The van der Waals surface area contributed by atoms with Crippen LogP contribution in [0.25, 0.3) is 0 Å². The average Bonchev–Trinajstić information content (AvgIpc) is 3.15. The first-order chi connectivity index (χ1) is 17.3. The third-order valence-electron chi connectivity index (χ3n) is 7.44. The Morgan fingerprint density at radius 1 is 1.03 bits per heavy atom. The van der Waals surface area contributed by atoms with E-state index in [1.807, 2.05) is 61.5 Å². The number of carbonyl (C=O) groups is 3. The number of para-hydroxylation sites is 1. The molecule has 1 atom stereocenters. The number of nitrogens with one attached hydrogen (secondary N) is 2. The Hall–Kier alpha value is -3.55. The topological polar surface area (TPSA) is 85.0 Å². The number of piperidine rings is 1. The fraction of sp³-hybridized carbons (Fsp3) is 0.464. The Morgan fingerprint density at radius 2 is 1.69 bits per heavy atom. The summed E-state index contributed by atoms with van der Waals surface area (Å²) < 4.78 is 0. The van der Waals surface area contributed by atoms with Gasteiger partial charge in [0.25, 0.3) is 5.91 Å². The summed E-state index contributed by atoms with van der Waals surface area (Å²) in [5, 5.41) is 5.92. The summed E-state index contributed by atoms with van der Waals surface area (Å²) >= 11 is 0. The van der Waals surface area contributed by atoms with Gasteiger partial charge in [0.05, 0.1) is 6.67 Å². The monoisotopic (exact) mass is 491 g/mol. The summed E-state index contributed by atoms with van der Waals surface area (Å²) in [7, 11) is 0. The zero-order valence-electron chi connectivity index (χ0n) is 21.5. The van der Waals surface area contributed by atoms with Crippen LogP contribution in [0.15, 0.2) is 54.6 Å². The maximum Gasteiger partial charge on any atom is 0.321 e. The lowest BCUT2D eigenvalue weighted by atomic mass is 9.85. The predicted octanol–water partition coefficient (Wildman–Crippen LogP) is 3.83. The fourth-order valence-electron chi connectivity index (χ4n) is 4.90. The number of carbonyl (C=O) groups excluding carboxylic acids is 3. The molecule has 0 aliphatic carbocycles. The molecule has 8 heteroatoms. The molecule has 2 aromatic carbocycles. The molecule has 2 fully saturated rings. The summed E-state index contributed by atoms with van der Waals surface area (Å²) in [5.41, 5.74) is 2.07. The Morgan fingerprint density at radius 3 is 2.33 bits per heavy atom. The van der Waals surface area contributed by atoms with Crippen LogP contribution < -0.4 is 15.5 Å². The van der Waals surface area contributed by atoms with Gasteiger partial charge in [0, 0.05) is 31.0 Å². The lowest BCUT2D eigenvalue weighted by molar-refractivity contribution is -0.137. The van der Waals surface area contributed by atoms with Crippen LogP contribution in [0.2, 0.25) is 0 Å². The van der Waals surface area contributed by atoms with E-state index in [2.05, 4.69) is 29.4 Å². The Kier molecular flexibility index (Phi) is 7.82. The molecule has 2 aliphatic rings. The van der Waals surface area contributed by atoms with Crippen LogP contribution in [0.1, 0.15) is 38.7 Å². The summed E-state index contributed by atoms with van der Waals surface area (Å²) in [6.07, 6.45) is 2.00. The molecule has 36 heavy (non-hydrogen) atoms. The van der Waals surface area contributed by atoms with Crippen molar-refractivity contribution in [2.24, 2.45) is 5.92 Å². The molecule has 4 amide bonds. The SMILES string of the molecule is CCC(C)CNC(=O)CN1CN(c2ccccc2)C2(CCN(C(=O)Nc3ccc(C)cc3)CC2)C1=O. The van der Waals surface area contributed by atoms with Crippen molar-refractivity contribution in [3.05, 3.63) is 60.2 Å². The number of aryl methyl sites for hydroxylation is 1. The third-order valence-corrected chi connectivity index (χ3v) is 7.44. The number of anilines is 2. The van der Waals surface area contributed by atoms with Gasteiger partial charge < -0.3 is 25.3 Å². The minimum atomic E-state index is -0.765. The van der Waals surface area contributed by atoms with E-state index in [1.54, 1.807) is 9.80 Å². The second-order valence-electron chi connectivity index (χ2n) is 10.0. The first kappa shape index (κ1) is 25.5. The van der Waals surface area contributed by atoms with Crippen LogP contribution in [0.4, 0.5) is 16.2 Å². The summed E-state index contributed by atoms with van der Waals surface area (Å²) in [6, 6.07) is 17.4. The van der Waals surface area contributed by atoms with Gasteiger partial charge in [0.1, 0.15) is 12.1 Å². The molecule has 2 saturated heterocycles. The first-order valence-corrected chi connectivity index (χ1v) is 12.8. The number of hydrogen-bond acceptors (Lipinski definition) is 4. The van der Waals surface area contributed by atoms with E-state index < -0.39 is 5.54 Å². The van der Waals surface area contributed by atoms with Crippen molar-refractivity contribution >= 4 is 29.2 Å². The largest absolute Gasteiger partial charge is 0.354 e. The van der Waals surface area contributed by atoms with Crippen molar-refractivity contribution in [1.29, 1.82) is 0 Å². The summed E-state index contributed by atoms with van der Waals surface area (Å²) in [4.78, 5) is 44.9. The van der Waals surface area contributed by atoms with Crippen LogP contribution in [-0.4, -0.2) is 66.0 Å².